The van der Waals surface area contributed by atoms with E-state index in [0.717, 1.165) is 33.2 Å². The Morgan fingerprint density at radius 1 is 1.04 bits per heavy atom. The number of nitrogens with zero attached hydrogens (tertiary/aromatic N) is 3. The summed E-state index contributed by atoms with van der Waals surface area (Å²) in [6.07, 6.45) is 4.94. The molecule has 0 aliphatic carbocycles. The van der Waals surface area contributed by atoms with E-state index in [9.17, 15) is 4.79 Å². The molecule has 0 saturated carbocycles. The number of aromatic nitrogens is 1. The van der Waals surface area contributed by atoms with Crippen molar-refractivity contribution in [1.82, 2.24) is 9.88 Å². The number of hydrogen-bond donors (Lipinski definition) is 1. The van der Waals surface area contributed by atoms with Gasteiger partial charge in [0.05, 0.1) is 23.2 Å². The van der Waals surface area contributed by atoms with Gasteiger partial charge >= 0.3 is 0 Å². The Labute approximate surface area is 166 Å². The van der Waals surface area contributed by atoms with Crippen LogP contribution in [0.4, 0.5) is 5.69 Å². The molecule has 2 aliphatic heterocycles. The smallest absolute Gasteiger partial charge is 0.274 e. The number of nitrogens with one attached hydrogen (secondary N) is 1. The van der Waals surface area contributed by atoms with E-state index in [1.807, 2.05) is 66.7 Å². The van der Waals surface area contributed by atoms with Crippen LogP contribution in [0.25, 0.3) is 10.4 Å². The molecule has 1 unspecified atom stereocenters. The zero-order valence-corrected chi connectivity index (χ0v) is 15.9. The van der Waals surface area contributed by atoms with Crippen molar-refractivity contribution in [3.05, 3.63) is 83.3 Å². The van der Waals surface area contributed by atoms with E-state index in [1.165, 1.54) is 0 Å². The second-order valence-electron chi connectivity index (χ2n) is 6.65. The first-order valence-corrected chi connectivity index (χ1v) is 10.0. The van der Waals surface area contributed by atoms with Crippen LogP contribution in [0.5, 0.6) is 0 Å². The SMILES string of the molecule is O=C1NC2=NCC=CCC2n2c1c(-c1ccccc1)sc2=Nc1ccccc1. The van der Waals surface area contributed by atoms with Crippen molar-refractivity contribution in [3.8, 4) is 10.4 Å². The number of hydrogen-bond acceptors (Lipinski definition) is 4. The molecule has 3 heterocycles. The van der Waals surface area contributed by atoms with Gasteiger partial charge in [-0.05, 0) is 24.1 Å². The fourth-order valence-electron chi connectivity index (χ4n) is 3.56. The number of carbonyl (C=O) groups is 1. The second-order valence-corrected chi connectivity index (χ2v) is 7.63. The zero-order chi connectivity index (χ0) is 18.9. The molecule has 1 N–H and O–H groups in total. The van der Waals surface area contributed by atoms with Gasteiger partial charge in [0, 0.05) is 0 Å². The van der Waals surface area contributed by atoms with E-state index in [2.05, 4.69) is 21.0 Å². The van der Waals surface area contributed by atoms with Gasteiger partial charge in [0.1, 0.15) is 11.5 Å². The molecule has 3 aromatic rings. The maximum atomic E-state index is 13.0. The third-order valence-electron chi connectivity index (χ3n) is 4.85. The first kappa shape index (κ1) is 16.9. The van der Waals surface area contributed by atoms with Crippen LogP contribution >= 0.6 is 11.3 Å². The molecule has 2 aromatic carbocycles. The van der Waals surface area contributed by atoms with Crippen molar-refractivity contribution in [2.45, 2.75) is 12.5 Å². The van der Waals surface area contributed by atoms with Gasteiger partial charge in [-0.15, -0.1) is 0 Å². The third-order valence-corrected chi connectivity index (χ3v) is 5.95. The van der Waals surface area contributed by atoms with Crippen LogP contribution < -0.4 is 10.1 Å². The van der Waals surface area contributed by atoms with Crippen molar-refractivity contribution in [1.29, 1.82) is 0 Å². The topological polar surface area (TPSA) is 58.8 Å². The summed E-state index contributed by atoms with van der Waals surface area (Å²) >= 11 is 1.55. The van der Waals surface area contributed by atoms with Crippen molar-refractivity contribution in [3.63, 3.8) is 0 Å². The summed E-state index contributed by atoms with van der Waals surface area (Å²) in [7, 11) is 0. The number of benzene rings is 2. The fraction of sp³-hybridized carbons (Fsp3) is 0.136. The lowest BCUT2D eigenvalue weighted by atomic mass is 10.1. The Bertz CT molecular complexity index is 1160. The number of para-hydroxylation sites is 1. The molecule has 1 aromatic heterocycles. The van der Waals surface area contributed by atoms with Crippen LogP contribution in [0, 0.1) is 0 Å². The molecule has 6 heteroatoms. The number of aliphatic imine (C=N–C) groups is 1. The monoisotopic (exact) mass is 386 g/mol. The molecule has 5 nitrogen and oxygen atoms in total. The van der Waals surface area contributed by atoms with Crippen LogP contribution in [0.1, 0.15) is 23.0 Å². The Morgan fingerprint density at radius 2 is 1.79 bits per heavy atom. The second kappa shape index (κ2) is 7.05. The van der Waals surface area contributed by atoms with Gasteiger partial charge in [0.15, 0.2) is 4.80 Å². The number of allylic oxidation sites excluding steroid dienone is 1. The highest BCUT2D eigenvalue weighted by Gasteiger charge is 2.34. The summed E-state index contributed by atoms with van der Waals surface area (Å²) in [5.41, 5.74) is 2.54. The van der Waals surface area contributed by atoms with E-state index in [0.29, 0.717) is 12.2 Å². The van der Waals surface area contributed by atoms with Crippen LogP contribution in [0.3, 0.4) is 0 Å². The Balaban J connectivity index is 1.80. The minimum atomic E-state index is -0.124. The molecular formula is C22H18N4OS. The predicted molar refractivity (Wildman–Crippen MR) is 112 cm³/mol. The van der Waals surface area contributed by atoms with Gasteiger partial charge in [0.2, 0.25) is 0 Å². The molecule has 1 atom stereocenters. The molecule has 0 saturated heterocycles. The van der Waals surface area contributed by atoms with Gasteiger partial charge in [-0.2, -0.15) is 0 Å². The Kier molecular flexibility index (Phi) is 4.25. The van der Waals surface area contributed by atoms with Crippen LogP contribution in [0.2, 0.25) is 0 Å². The maximum absolute atomic E-state index is 13.0. The summed E-state index contributed by atoms with van der Waals surface area (Å²) in [6, 6.07) is 19.8. The lowest BCUT2D eigenvalue weighted by Gasteiger charge is -2.27. The van der Waals surface area contributed by atoms with Crippen LogP contribution in [-0.2, 0) is 0 Å². The molecule has 0 spiro atoms. The van der Waals surface area contributed by atoms with Crippen molar-refractivity contribution >= 4 is 28.8 Å². The standard InChI is InChI=1S/C22H18N4OS/c27-21-18-19(15-9-3-1-4-10-15)28-22(24-16-11-5-2-6-12-16)26(18)17-13-7-8-14-23-20(17)25-21/h1-12,17H,13-14H2,(H,23,25,27). The van der Waals surface area contributed by atoms with Gasteiger partial charge in [-0.25, -0.2) is 4.99 Å². The van der Waals surface area contributed by atoms with Gasteiger partial charge < -0.3 is 9.88 Å². The average Bonchev–Trinajstić information content (AvgIpc) is 2.95. The molecule has 0 fully saturated rings. The number of fused-ring (bicyclic) bond motifs is 3. The molecule has 1 amide bonds. The first-order chi connectivity index (χ1) is 13.8. The van der Waals surface area contributed by atoms with Gasteiger partial charge in [-0.3, -0.25) is 9.79 Å². The van der Waals surface area contributed by atoms with Crippen LogP contribution in [0.15, 0.2) is 82.8 Å². The normalized spacial score (nSPS) is 18.7. The molecule has 2 aliphatic rings. The molecular weight excluding hydrogens is 368 g/mol. The number of amidine groups is 1. The van der Waals surface area contributed by atoms with Crippen molar-refractivity contribution in [2.75, 3.05) is 6.54 Å². The minimum absolute atomic E-state index is 0.0531. The van der Waals surface area contributed by atoms with Gasteiger partial charge in [0.25, 0.3) is 5.91 Å². The quantitative estimate of drug-likeness (QED) is 0.663. The summed E-state index contributed by atoms with van der Waals surface area (Å²) in [5.74, 6) is 0.593. The largest absolute Gasteiger partial charge is 0.307 e. The summed E-state index contributed by atoms with van der Waals surface area (Å²) in [4.78, 5) is 24.2. The van der Waals surface area contributed by atoms with Crippen molar-refractivity contribution in [2.24, 2.45) is 9.98 Å². The average molecular weight is 386 g/mol. The Hall–Kier alpha value is -3.25. The van der Waals surface area contributed by atoms with E-state index in [4.69, 9.17) is 4.99 Å². The van der Waals surface area contributed by atoms with E-state index >= 15 is 0 Å². The lowest BCUT2D eigenvalue weighted by Crippen LogP contribution is -2.46. The molecule has 0 bridgehead atoms. The number of amides is 1. The number of rotatable bonds is 2. The highest BCUT2D eigenvalue weighted by molar-refractivity contribution is 7.13. The summed E-state index contributed by atoms with van der Waals surface area (Å²) in [5, 5.41) is 3.02. The van der Waals surface area contributed by atoms with E-state index in [1.54, 1.807) is 11.3 Å². The van der Waals surface area contributed by atoms with E-state index in [-0.39, 0.29) is 11.9 Å². The molecule has 28 heavy (non-hydrogen) atoms. The molecule has 138 valence electrons. The predicted octanol–water partition coefficient (Wildman–Crippen LogP) is 4.09. The zero-order valence-electron chi connectivity index (χ0n) is 15.1. The minimum Gasteiger partial charge on any atom is -0.307 e. The molecule has 5 rings (SSSR count). The fourth-order valence-corrected chi connectivity index (χ4v) is 4.76. The van der Waals surface area contributed by atoms with Gasteiger partial charge in [-0.1, -0.05) is 72.0 Å². The molecule has 0 radical (unpaired) electrons. The summed E-state index contributed by atoms with van der Waals surface area (Å²) in [6.45, 7) is 0.586. The Morgan fingerprint density at radius 3 is 2.57 bits per heavy atom. The highest BCUT2D eigenvalue weighted by Crippen LogP contribution is 2.33. The maximum Gasteiger partial charge on any atom is 0.274 e. The number of carbonyl (C=O) groups excluding carboxylic acids is 1. The highest BCUT2D eigenvalue weighted by atomic mass is 32.1. The lowest BCUT2D eigenvalue weighted by molar-refractivity contribution is 0.0956. The van der Waals surface area contributed by atoms with Crippen LogP contribution in [-0.4, -0.2) is 22.9 Å². The first-order valence-electron chi connectivity index (χ1n) is 9.22. The van der Waals surface area contributed by atoms with E-state index < -0.39 is 0 Å². The third kappa shape index (κ3) is 2.92. The van der Waals surface area contributed by atoms with Crippen molar-refractivity contribution < 1.29 is 4.79 Å². The summed E-state index contributed by atoms with van der Waals surface area (Å²) < 4.78 is 2.06. The number of thiazole rings is 1.